The van der Waals surface area contributed by atoms with Crippen molar-refractivity contribution >= 4 is 11.9 Å². The first kappa shape index (κ1) is 22.1. The molecule has 27 heavy (non-hydrogen) atoms. The van der Waals surface area contributed by atoms with Crippen molar-refractivity contribution in [2.75, 3.05) is 6.61 Å². The lowest BCUT2D eigenvalue weighted by Crippen LogP contribution is -2.33. The van der Waals surface area contributed by atoms with Crippen LogP contribution in [0.1, 0.15) is 30.5 Å². The average Bonchev–Trinajstić information content (AvgIpc) is 2.58. The lowest BCUT2D eigenvalue weighted by atomic mass is 9.86. The standard InChI is InChI=1S/C18H20O5.C2H4O2/c1-12-8-9-15(16(21)17(12)23-13(2)20)18(22,11-19)10-14-6-4-3-5-7-14;1-2(3)4/h3-9,19,21-22H,10-11H2,1-2H3;1H3,(H,3,4). The third-order valence-electron chi connectivity index (χ3n) is 3.68. The van der Waals surface area contributed by atoms with Gasteiger partial charge >= 0.3 is 5.97 Å². The van der Waals surface area contributed by atoms with Crippen LogP contribution in [0.15, 0.2) is 42.5 Å². The van der Waals surface area contributed by atoms with Crippen molar-refractivity contribution in [3.63, 3.8) is 0 Å². The highest BCUT2D eigenvalue weighted by Gasteiger charge is 2.33. The van der Waals surface area contributed by atoms with Crippen molar-refractivity contribution in [3.05, 3.63) is 59.2 Å². The van der Waals surface area contributed by atoms with Gasteiger partial charge in [-0.3, -0.25) is 9.59 Å². The number of carboxylic acids is 1. The third-order valence-corrected chi connectivity index (χ3v) is 3.68. The normalized spacial score (nSPS) is 12.3. The zero-order valence-electron chi connectivity index (χ0n) is 15.5. The van der Waals surface area contributed by atoms with E-state index in [1.165, 1.54) is 13.0 Å². The number of aryl methyl sites for hydroxylation is 1. The van der Waals surface area contributed by atoms with E-state index in [4.69, 9.17) is 14.6 Å². The Morgan fingerprint density at radius 3 is 2.11 bits per heavy atom. The third kappa shape index (κ3) is 6.40. The Balaban J connectivity index is 0.000000828. The van der Waals surface area contributed by atoms with Gasteiger partial charge < -0.3 is 25.2 Å². The van der Waals surface area contributed by atoms with Gasteiger partial charge in [0.1, 0.15) is 5.60 Å². The number of phenols is 1. The van der Waals surface area contributed by atoms with Crippen LogP contribution in [0.2, 0.25) is 0 Å². The van der Waals surface area contributed by atoms with Crippen molar-refractivity contribution in [3.8, 4) is 11.5 Å². The van der Waals surface area contributed by atoms with Gasteiger partial charge in [0.2, 0.25) is 0 Å². The molecule has 0 radical (unpaired) electrons. The fraction of sp³-hybridized carbons (Fsp3) is 0.300. The molecule has 0 heterocycles. The second-order valence-corrected chi connectivity index (χ2v) is 6.07. The van der Waals surface area contributed by atoms with Gasteiger partial charge in [0.25, 0.3) is 5.97 Å². The van der Waals surface area contributed by atoms with Crippen LogP contribution in [-0.2, 0) is 21.6 Å². The van der Waals surface area contributed by atoms with Crippen LogP contribution >= 0.6 is 0 Å². The molecule has 146 valence electrons. The minimum absolute atomic E-state index is 0.00469. The maximum Gasteiger partial charge on any atom is 0.308 e. The summed E-state index contributed by atoms with van der Waals surface area (Å²) in [5.41, 5.74) is -0.209. The average molecular weight is 376 g/mol. The summed E-state index contributed by atoms with van der Waals surface area (Å²) in [5, 5.41) is 38.4. The number of ether oxygens (including phenoxy) is 1. The Morgan fingerprint density at radius 2 is 1.63 bits per heavy atom. The fourth-order valence-corrected chi connectivity index (χ4v) is 2.49. The number of aliphatic hydroxyl groups is 2. The molecule has 0 aromatic heterocycles. The Morgan fingerprint density at radius 1 is 1.07 bits per heavy atom. The summed E-state index contributed by atoms with van der Waals surface area (Å²) in [7, 11) is 0. The van der Waals surface area contributed by atoms with Crippen LogP contribution in [0.25, 0.3) is 0 Å². The number of rotatable bonds is 5. The number of phenolic OH excluding ortho intramolecular Hbond substituents is 1. The minimum atomic E-state index is -1.69. The van der Waals surface area contributed by atoms with Crippen LogP contribution in [0, 0.1) is 6.92 Å². The molecule has 0 saturated heterocycles. The molecule has 2 rings (SSSR count). The van der Waals surface area contributed by atoms with Crippen molar-refractivity contribution < 1.29 is 34.8 Å². The molecule has 0 aliphatic rings. The first-order valence-electron chi connectivity index (χ1n) is 8.19. The molecule has 0 fully saturated rings. The number of aliphatic carboxylic acids is 1. The molecule has 0 spiro atoms. The van der Waals surface area contributed by atoms with Crippen LogP contribution in [0.5, 0.6) is 11.5 Å². The first-order valence-corrected chi connectivity index (χ1v) is 8.19. The smallest absolute Gasteiger partial charge is 0.308 e. The van der Waals surface area contributed by atoms with Gasteiger partial charge in [-0.05, 0) is 18.1 Å². The zero-order valence-corrected chi connectivity index (χ0v) is 15.5. The fourth-order valence-electron chi connectivity index (χ4n) is 2.49. The summed E-state index contributed by atoms with van der Waals surface area (Å²) in [6.07, 6.45) is 0.112. The maximum atomic E-state index is 11.2. The minimum Gasteiger partial charge on any atom is -0.504 e. The molecular weight excluding hydrogens is 352 g/mol. The highest BCUT2D eigenvalue weighted by Crippen LogP contribution is 2.40. The second-order valence-electron chi connectivity index (χ2n) is 6.07. The van der Waals surface area contributed by atoms with Crippen molar-refractivity contribution in [1.29, 1.82) is 0 Å². The van der Waals surface area contributed by atoms with Gasteiger partial charge in [-0.15, -0.1) is 0 Å². The maximum absolute atomic E-state index is 11.2. The quantitative estimate of drug-likeness (QED) is 0.465. The largest absolute Gasteiger partial charge is 0.504 e. The summed E-state index contributed by atoms with van der Waals surface area (Å²) in [6.45, 7) is 3.41. The van der Waals surface area contributed by atoms with Gasteiger partial charge in [0.05, 0.1) is 6.61 Å². The van der Waals surface area contributed by atoms with Gasteiger partial charge in [-0.1, -0.05) is 42.5 Å². The summed E-state index contributed by atoms with van der Waals surface area (Å²) in [5.74, 6) is -1.75. The Bertz CT molecular complexity index is 782. The number of carboxylic acid groups (broad SMARTS) is 1. The molecule has 0 amide bonds. The van der Waals surface area contributed by atoms with Crippen LogP contribution < -0.4 is 4.74 Å². The molecule has 2 aromatic rings. The Labute approximate surface area is 157 Å². The summed E-state index contributed by atoms with van der Waals surface area (Å²) < 4.78 is 5.02. The molecule has 2 aromatic carbocycles. The van der Waals surface area contributed by atoms with Crippen LogP contribution in [0.3, 0.4) is 0 Å². The summed E-state index contributed by atoms with van der Waals surface area (Å²) >= 11 is 0. The Hall–Kier alpha value is -2.90. The van der Waals surface area contributed by atoms with Crippen LogP contribution in [-0.4, -0.2) is 39.0 Å². The second kappa shape index (κ2) is 9.70. The van der Waals surface area contributed by atoms with Gasteiger partial charge in [-0.2, -0.15) is 0 Å². The molecule has 0 aliphatic carbocycles. The molecule has 0 aliphatic heterocycles. The van der Waals surface area contributed by atoms with Gasteiger partial charge in [0.15, 0.2) is 11.5 Å². The number of carbonyl (C=O) groups is 2. The number of carbonyl (C=O) groups excluding carboxylic acids is 1. The predicted octanol–water partition coefficient (Wildman–Crippen LogP) is 2.14. The number of esters is 1. The zero-order chi connectivity index (χ0) is 20.6. The van der Waals surface area contributed by atoms with Crippen molar-refractivity contribution in [2.45, 2.75) is 32.8 Å². The van der Waals surface area contributed by atoms with E-state index in [1.54, 1.807) is 13.0 Å². The summed E-state index contributed by atoms with van der Waals surface area (Å²) in [4.78, 5) is 20.2. The number of hydrogen-bond donors (Lipinski definition) is 4. The SMILES string of the molecule is CC(=O)O.CC(=O)Oc1c(C)ccc(C(O)(CO)Cc2ccccc2)c1O. The topological polar surface area (TPSA) is 124 Å². The molecule has 0 saturated carbocycles. The van der Waals surface area contributed by atoms with E-state index in [1.807, 2.05) is 30.3 Å². The molecule has 0 bridgehead atoms. The molecular formula is C20H24O7. The van der Waals surface area contributed by atoms with E-state index in [-0.39, 0.29) is 23.5 Å². The van der Waals surface area contributed by atoms with Crippen molar-refractivity contribution in [1.82, 2.24) is 0 Å². The Kier molecular flexibility index (Phi) is 7.96. The highest BCUT2D eigenvalue weighted by molar-refractivity contribution is 5.71. The van der Waals surface area contributed by atoms with E-state index in [9.17, 15) is 20.1 Å². The summed E-state index contributed by atoms with van der Waals surface area (Å²) in [6, 6.07) is 12.3. The number of aliphatic hydroxyl groups excluding tert-OH is 1. The molecule has 4 N–H and O–H groups in total. The van der Waals surface area contributed by atoms with E-state index >= 15 is 0 Å². The molecule has 7 nitrogen and oxygen atoms in total. The number of benzene rings is 2. The van der Waals surface area contributed by atoms with E-state index in [0.717, 1.165) is 12.5 Å². The van der Waals surface area contributed by atoms with Crippen LogP contribution in [0.4, 0.5) is 0 Å². The lowest BCUT2D eigenvalue weighted by Gasteiger charge is -2.28. The van der Waals surface area contributed by atoms with E-state index in [0.29, 0.717) is 5.56 Å². The number of aromatic hydroxyl groups is 1. The lowest BCUT2D eigenvalue weighted by molar-refractivity contribution is -0.134. The van der Waals surface area contributed by atoms with Crippen molar-refractivity contribution in [2.24, 2.45) is 0 Å². The van der Waals surface area contributed by atoms with E-state index < -0.39 is 24.1 Å². The highest BCUT2D eigenvalue weighted by atomic mass is 16.5. The number of hydrogen-bond acceptors (Lipinski definition) is 6. The molecule has 1 atom stereocenters. The molecule has 7 heteroatoms. The molecule has 1 unspecified atom stereocenters. The van der Waals surface area contributed by atoms with Gasteiger partial charge in [-0.25, -0.2) is 0 Å². The van der Waals surface area contributed by atoms with E-state index in [2.05, 4.69) is 0 Å². The predicted molar refractivity (Wildman–Crippen MR) is 98.6 cm³/mol. The van der Waals surface area contributed by atoms with Gasteiger partial charge in [0, 0.05) is 25.8 Å². The first-order chi connectivity index (χ1) is 12.6. The monoisotopic (exact) mass is 376 g/mol.